The molecule has 1 N–H and O–H groups in total. The van der Waals surface area contributed by atoms with Crippen LogP contribution in [0.1, 0.15) is 11.5 Å². The smallest absolute Gasteiger partial charge is 0.264 e. The van der Waals surface area contributed by atoms with E-state index in [0.717, 1.165) is 5.56 Å². The van der Waals surface area contributed by atoms with Gasteiger partial charge in [-0.2, -0.15) is 0 Å². The molecule has 0 fully saturated rings. The van der Waals surface area contributed by atoms with Gasteiger partial charge in [0.25, 0.3) is 10.0 Å². The lowest BCUT2D eigenvalue weighted by atomic mass is 10.1. The Morgan fingerprint density at radius 1 is 0.875 bits per heavy atom. The number of nitrogens with one attached hydrogen (secondary N) is 1. The number of oxazole rings is 1. The quantitative estimate of drug-likeness (QED) is 0.417. The van der Waals surface area contributed by atoms with E-state index >= 15 is 0 Å². The minimum atomic E-state index is -3.88. The molecule has 164 valence electrons. The second-order valence-electron chi connectivity index (χ2n) is 6.97. The van der Waals surface area contributed by atoms with Crippen LogP contribution in [0.2, 0.25) is 0 Å². The molecule has 3 aromatic carbocycles. The Kier molecular flexibility index (Phi) is 6.13. The highest BCUT2D eigenvalue weighted by atomic mass is 32.2. The van der Waals surface area contributed by atoms with Gasteiger partial charge in [0, 0.05) is 18.1 Å². The fraction of sp³-hybridized carbons (Fsp3) is 0.125. The van der Waals surface area contributed by atoms with Gasteiger partial charge in [0.15, 0.2) is 0 Å². The summed E-state index contributed by atoms with van der Waals surface area (Å²) in [6.45, 7) is 0. The summed E-state index contributed by atoms with van der Waals surface area (Å²) in [4.78, 5) is 4.72. The highest BCUT2D eigenvalue weighted by Gasteiger charge is 2.23. The first-order valence-electron chi connectivity index (χ1n) is 9.83. The zero-order valence-electron chi connectivity index (χ0n) is 17.6. The molecule has 0 aliphatic heterocycles. The Balaban J connectivity index is 1.79. The van der Waals surface area contributed by atoms with Crippen molar-refractivity contribution in [3.63, 3.8) is 0 Å². The molecule has 0 saturated carbocycles. The highest BCUT2D eigenvalue weighted by molar-refractivity contribution is 7.92. The lowest BCUT2D eigenvalue weighted by Crippen LogP contribution is -2.13. The van der Waals surface area contributed by atoms with Crippen LogP contribution in [0.3, 0.4) is 0 Å². The van der Waals surface area contributed by atoms with Crippen LogP contribution in [-0.2, 0) is 16.4 Å². The summed E-state index contributed by atoms with van der Waals surface area (Å²) < 4.78 is 45.0. The van der Waals surface area contributed by atoms with Gasteiger partial charge in [0.05, 0.1) is 19.1 Å². The van der Waals surface area contributed by atoms with E-state index in [1.54, 1.807) is 50.6 Å². The van der Waals surface area contributed by atoms with Crippen molar-refractivity contribution in [3.05, 3.63) is 90.3 Å². The van der Waals surface area contributed by atoms with E-state index in [1.165, 1.54) is 12.1 Å². The number of sulfonamides is 1. The number of rotatable bonds is 8. The molecule has 0 atom stereocenters. The molecule has 1 aromatic heterocycles. The van der Waals surface area contributed by atoms with Gasteiger partial charge in [-0.15, -0.1) is 0 Å². The van der Waals surface area contributed by atoms with E-state index in [2.05, 4.69) is 9.71 Å². The Labute approximate surface area is 186 Å². The molecule has 4 aromatic rings. The van der Waals surface area contributed by atoms with Gasteiger partial charge >= 0.3 is 0 Å². The van der Waals surface area contributed by atoms with Crippen molar-refractivity contribution < 1.29 is 22.3 Å². The van der Waals surface area contributed by atoms with Crippen LogP contribution >= 0.6 is 0 Å². The maximum Gasteiger partial charge on any atom is 0.264 e. The third-order valence-electron chi connectivity index (χ3n) is 4.78. The van der Waals surface area contributed by atoms with Crippen molar-refractivity contribution in [2.75, 3.05) is 18.9 Å². The number of aromatic nitrogens is 1. The Bertz CT molecular complexity index is 1280. The van der Waals surface area contributed by atoms with E-state index in [0.29, 0.717) is 35.1 Å². The van der Waals surface area contributed by atoms with Crippen molar-refractivity contribution in [2.45, 2.75) is 11.3 Å². The van der Waals surface area contributed by atoms with Crippen LogP contribution in [0.25, 0.3) is 11.3 Å². The molecule has 0 saturated heterocycles. The topological polar surface area (TPSA) is 90.7 Å². The second kappa shape index (κ2) is 9.15. The maximum absolute atomic E-state index is 13.0. The lowest BCUT2D eigenvalue weighted by molar-refractivity contribution is 0.394. The summed E-state index contributed by atoms with van der Waals surface area (Å²) in [5, 5.41) is 0. The first-order valence-corrected chi connectivity index (χ1v) is 11.3. The number of nitrogens with zero attached hydrogens (tertiary/aromatic N) is 1. The van der Waals surface area contributed by atoms with Crippen LogP contribution in [0.5, 0.6) is 11.5 Å². The van der Waals surface area contributed by atoms with E-state index < -0.39 is 10.0 Å². The Hall–Kier alpha value is -3.78. The molecular formula is C24H22N2O5S. The molecule has 7 nitrogen and oxygen atoms in total. The highest BCUT2D eigenvalue weighted by Crippen LogP contribution is 2.35. The molecule has 32 heavy (non-hydrogen) atoms. The first kappa shape index (κ1) is 21.5. The zero-order valence-corrected chi connectivity index (χ0v) is 18.4. The minimum absolute atomic E-state index is 0.0232. The molecule has 8 heteroatoms. The maximum atomic E-state index is 13.0. The summed E-state index contributed by atoms with van der Waals surface area (Å²) >= 11 is 0. The van der Waals surface area contributed by atoms with E-state index in [1.807, 2.05) is 30.3 Å². The van der Waals surface area contributed by atoms with Crippen LogP contribution in [0, 0.1) is 0 Å². The average molecular weight is 451 g/mol. The van der Waals surface area contributed by atoms with Crippen LogP contribution in [0.15, 0.2) is 88.2 Å². The molecule has 0 aliphatic carbocycles. The van der Waals surface area contributed by atoms with Gasteiger partial charge in [0.1, 0.15) is 17.2 Å². The average Bonchev–Trinajstić information content (AvgIpc) is 3.21. The number of methoxy groups -OCH3 is 2. The molecule has 0 spiro atoms. The predicted molar refractivity (Wildman–Crippen MR) is 122 cm³/mol. The monoisotopic (exact) mass is 450 g/mol. The Morgan fingerprint density at radius 3 is 2.06 bits per heavy atom. The number of hydrogen-bond donors (Lipinski definition) is 1. The SMILES string of the molecule is COc1cc(OC)cc(-c2nc(Cc3ccccc3)oc2NS(=O)(=O)c2ccccc2)c1. The van der Waals surface area contributed by atoms with Gasteiger partial charge in [-0.3, -0.25) is 0 Å². The first-order chi connectivity index (χ1) is 15.5. The number of ether oxygens (including phenoxy) is 2. The fourth-order valence-electron chi connectivity index (χ4n) is 3.20. The second-order valence-corrected chi connectivity index (χ2v) is 8.65. The third kappa shape index (κ3) is 4.76. The van der Waals surface area contributed by atoms with Gasteiger partial charge in [-0.1, -0.05) is 48.5 Å². The number of hydrogen-bond acceptors (Lipinski definition) is 6. The van der Waals surface area contributed by atoms with E-state index in [4.69, 9.17) is 13.9 Å². The molecule has 0 radical (unpaired) electrons. The molecule has 4 rings (SSSR count). The van der Waals surface area contributed by atoms with Crippen molar-refractivity contribution in [2.24, 2.45) is 0 Å². The fourth-order valence-corrected chi connectivity index (χ4v) is 4.22. The van der Waals surface area contributed by atoms with Crippen molar-refractivity contribution >= 4 is 15.9 Å². The summed E-state index contributed by atoms with van der Waals surface area (Å²) in [5.74, 6) is 1.49. The largest absolute Gasteiger partial charge is 0.497 e. The van der Waals surface area contributed by atoms with E-state index in [9.17, 15) is 8.42 Å². The summed E-state index contributed by atoms with van der Waals surface area (Å²) in [5.41, 5.74) is 1.92. The van der Waals surface area contributed by atoms with Crippen LogP contribution in [0.4, 0.5) is 5.88 Å². The van der Waals surface area contributed by atoms with Gasteiger partial charge in [0.2, 0.25) is 11.8 Å². The number of benzene rings is 3. The summed E-state index contributed by atoms with van der Waals surface area (Å²) in [6.07, 6.45) is 0.405. The van der Waals surface area contributed by atoms with Crippen molar-refractivity contribution in [1.29, 1.82) is 0 Å². The predicted octanol–water partition coefficient (Wildman–Crippen LogP) is 4.75. The van der Waals surface area contributed by atoms with Crippen molar-refractivity contribution in [3.8, 4) is 22.8 Å². The molecule has 0 aliphatic rings. The van der Waals surface area contributed by atoms with Crippen molar-refractivity contribution in [1.82, 2.24) is 4.98 Å². The van der Waals surface area contributed by atoms with E-state index in [-0.39, 0.29) is 10.8 Å². The summed E-state index contributed by atoms with van der Waals surface area (Å²) in [7, 11) is -0.795. The normalized spacial score (nSPS) is 11.2. The van der Waals surface area contributed by atoms with Gasteiger partial charge in [-0.25, -0.2) is 18.1 Å². The molecule has 1 heterocycles. The zero-order chi connectivity index (χ0) is 22.6. The Morgan fingerprint density at radius 2 is 1.47 bits per heavy atom. The van der Waals surface area contributed by atoms with Crippen LogP contribution < -0.4 is 14.2 Å². The molecular weight excluding hydrogens is 428 g/mol. The summed E-state index contributed by atoms with van der Waals surface area (Å²) in [6, 6.07) is 23.0. The number of anilines is 1. The lowest BCUT2D eigenvalue weighted by Gasteiger charge is -2.09. The van der Waals surface area contributed by atoms with Gasteiger partial charge in [-0.05, 0) is 29.8 Å². The standard InChI is InChI=1S/C24H22N2O5S/c1-29-19-14-18(15-20(16-19)30-2)23-24(26-32(27,28)21-11-7-4-8-12-21)31-22(25-23)13-17-9-5-3-6-10-17/h3-12,14-16,26H,13H2,1-2H3. The molecule has 0 unspecified atom stereocenters. The minimum Gasteiger partial charge on any atom is -0.497 e. The third-order valence-corrected chi connectivity index (χ3v) is 6.12. The molecule has 0 bridgehead atoms. The van der Waals surface area contributed by atoms with Gasteiger partial charge < -0.3 is 13.9 Å². The van der Waals surface area contributed by atoms with Crippen LogP contribution in [-0.4, -0.2) is 27.6 Å². The molecule has 0 amide bonds.